The molecule has 1 atom stereocenters. The average molecular weight is 378 g/mol. The van der Waals surface area contributed by atoms with Gasteiger partial charge in [0.2, 0.25) is 15.9 Å². The molecule has 1 amide bonds. The van der Waals surface area contributed by atoms with Gasteiger partial charge in [-0.2, -0.15) is 0 Å². The molecular weight excluding hydrogens is 355 g/mol. The molecule has 2 aromatic carbocycles. The molecule has 1 unspecified atom stereocenters. The zero-order valence-electron chi connectivity index (χ0n) is 15.1. The van der Waals surface area contributed by atoms with Crippen LogP contribution in [0.1, 0.15) is 18.1 Å². The Balaban J connectivity index is 2.05. The lowest BCUT2D eigenvalue weighted by Gasteiger charge is -2.28. The first-order valence-electron chi connectivity index (χ1n) is 8.26. The highest BCUT2D eigenvalue weighted by atomic mass is 32.2. The van der Waals surface area contributed by atoms with Crippen molar-refractivity contribution in [1.82, 2.24) is 5.32 Å². The summed E-state index contributed by atoms with van der Waals surface area (Å²) < 4.78 is 38.4. The van der Waals surface area contributed by atoms with E-state index in [1.165, 1.54) is 12.1 Å². The van der Waals surface area contributed by atoms with E-state index in [-0.39, 0.29) is 5.82 Å². The van der Waals surface area contributed by atoms with Gasteiger partial charge in [0.05, 0.1) is 11.9 Å². The number of nitrogens with one attached hydrogen (secondary N) is 1. The van der Waals surface area contributed by atoms with Crippen molar-refractivity contribution in [2.45, 2.75) is 26.3 Å². The zero-order valence-corrected chi connectivity index (χ0v) is 15.9. The van der Waals surface area contributed by atoms with Crippen LogP contribution in [0.2, 0.25) is 0 Å². The number of rotatable bonds is 7. The summed E-state index contributed by atoms with van der Waals surface area (Å²) >= 11 is 0. The lowest BCUT2D eigenvalue weighted by Crippen LogP contribution is -2.48. The molecule has 0 aliphatic carbocycles. The molecule has 0 bridgehead atoms. The summed E-state index contributed by atoms with van der Waals surface area (Å²) in [6.07, 6.45) is 1.61. The highest BCUT2D eigenvalue weighted by molar-refractivity contribution is 7.92. The Bertz CT molecular complexity index is 849. The molecule has 1 N–H and O–H groups in total. The highest BCUT2D eigenvalue weighted by Crippen LogP contribution is 2.21. The Kier molecular flexibility index (Phi) is 6.37. The van der Waals surface area contributed by atoms with Crippen molar-refractivity contribution in [2.24, 2.45) is 0 Å². The summed E-state index contributed by atoms with van der Waals surface area (Å²) in [5.74, 6) is -0.702. The lowest BCUT2D eigenvalue weighted by atomic mass is 10.1. The van der Waals surface area contributed by atoms with E-state index in [2.05, 4.69) is 5.32 Å². The molecule has 0 aliphatic heterocycles. The van der Waals surface area contributed by atoms with E-state index >= 15 is 0 Å². The second kappa shape index (κ2) is 8.31. The summed E-state index contributed by atoms with van der Waals surface area (Å²) in [5.41, 5.74) is 2.33. The predicted octanol–water partition coefficient (Wildman–Crippen LogP) is 2.65. The molecule has 7 heteroatoms. The van der Waals surface area contributed by atoms with Crippen LogP contribution in [0.4, 0.5) is 10.1 Å². The standard InChI is InChI=1S/C19H23FN2O3S/c1-14-4-10-18(11-5-14)22(26(3,24)25)15(2)19(23)21-13-12-16-6-8-17(20)9-7-16/h4-11,15H,12-13H2,1-3H3,(H,21,23). The molecule has 2 aromatic rings. The minimum absolute atomic E-state index is 0.312. The first-order chi connectivity index (χ1) is 12.2. The second-order valence-corrected chi connectivity index (χ2v) is 8.10. The molecule has 0 spiro atoms. The molecule has 0 aliphatic rings. The number of sulfonamides is 1. The molecule has 26 heavy (non-hydrogen) atoms. The van der Waals surface area contributed by atoms with E-state index in [1.807, 2.05) is 6.92 Å². The average Bonchev–Trinajstić information content (AvgIpc) is 2.57. The van der Waals surface area contributed by atoms with Crippen molar-refractivity contribution >= 4 is 21.6 Å². The largest absolute Gasteiger partial charge is 0.354 e. The van der Waals surface area contributed by atoms with Gasteiger partial charge in [-0.3, -0.25) is 9.10 Å². The van der Waals surface area contributed by atoms with Gasteiger partial charge in [0.15, 0.2) is 0 Å². The fraction of sp³-hybridized carbons (Fsp3) is 0.316. The number of hydrogen-bond donors (Lipinski definition) is 1. The number of nitrogens with zero attached hydrogens (tertiary/aromatic N) is 1. The third-order valence-corrected chi connectivity index (χ3v) is 5.24. The Hall–Kier alpha value is -2.41. The Labute approximate surface area is 153 Å². The molecule has 0 aromatic heterocycles. The van der Waals surface area contributed by atoms with Gasteiger partial charge in [-0.25, -0.2) is 12.8 Å². The van der Waals surface area contributed by atoms with E-state index in [0.29, 0.717) is 18.7 Å². The van der Waals surface area contributed by atoms with E-state index in [0.717, 1.165) is 21.7 Å². The SMILES string of the molecule is Cc1ccc(N(C(C)C(=O)NCCc2ccc(F)cc2)S(C)(=O)=O)cc1. The van der Waals surface area contributed by atoms with E-state index in [1.54, 1.807) is 43.3 Å². The van der Waals surface area contributed by atoms with Gasteiger partial charge < -0.3 is 5.32 Å². The quantitative estimate of drug-likeness (QED) is 0.805. The van der Waals surface area contributed by atoms with Crippen LogP contribution < -0.4 is 9.62 Å². The van der Waals surface area contributed by atoms with E-state index < -0.39 is 22.0 Å². The van der Waals surface area contributed by atoms with Gasteiger partial charge in [0, 0.05) is 6.54 Å². The normalized spacial score (nSPS) is 12.5. The summed E-state index contributed by atoms with van der Waals surface area (Å²) in [5, 5.41) is 2.74. The zero-order chi connectivity index (χ0) is 19.3. The monoisotopic (exact) mass is 378 g/mol. The summed E-state index contributed by atoms with van der Waals surface area (Å²) in [7, 11) is -3.63. The van der Waals surface area contributed by atoms with Crippen LogP contribution in [0.15, 0.2) is 48.5 Å². The molecule has 2 rings (SSSR count). The third-order valence-electron chi connectivity index (χ3n) is 4.00. The minimum Gasteiger partial charge on any atom is -0.354 e. The van der Waals surface area contributed by atoms with Crippen LogP contribution in [0, 0.1) is 12.7 Å². The Morgan fingerprint density at radius 2 is 1.69 bits per heavy atom. The van der Waals surface area contributed by atoms with Crippen molar-refractivity contribution in [1.29, 1.82) is 0 Å². The molecule has 0 radical (unpaired) electrons. The van der Waals surface area contributed by atoms with Crippen LogP contribution >= 0.6 is 0 Å². The van der Waals surface area contributed by atoms with E-state index in [9.17, 15) is 17.6 Å². The van der Waals surface area contributed by atoms with Crippen LogP contribution in [-0.2, 0) is 21.2 Å². The topological polar surface area (TPSA) is 66.5 Å². The fourth-order valence-electron chi connectivity index (χ4n) is 2.63. The van der Waals surface area contributed by atoms with Crippen molar-refractivity contribution in [3.63, 3.8) is 0 Å². The number of carbonyl (C=O) groups is 1. The van der Waals surface area contributed by atoms with Gasteiger partial charge in [-0.05, 0) is 50.1 Å². The van der Waals surface area contributed by atoms with Crippen LogP contribution in [0.5, 0.6) is 0 Å². The molecule has 0 saturated heterocycles. The first kappa shape index (κ1) is 19.9. The highest BCUT2D eigenvalue weighted by Gasteiger charge is 2.28. The Morgan fingerprint density at radius 3 is 2.23 bits per heavy atom. The third kappa shape index (κ3) is 5.29. The van der Waals surface area contributed by atoms with Gasteiger partial charge >= 0.3 is 0 Å². The molecule has 5 nitrogen and oxygen atoms in total. The molecule has 0 saturated carbocycles. The maximum Gasteiger partial charge on any atom is 0.243 e. The Morgan fingerprint density at radius 1 is 1.12 bits per heavy atom. The van der Waals surface area contributed by atoms with Gasteiger partial charge in [-0.15, -0.1) is 0 Å². The number of aryl methyl sites for hydroxylation is 1. The van der Waals surface area contributed by atoms with E-state index in [4.69, 9.17) is 0 Å². The second-order valence-electron chi connectivity index (χ2n) is 6.24. The smallest absolute Gasteiger partial charge is 0.243 e. The number of halogens is 1. The van der Waals surface area contributed by atoms with Crippen LogP contribution in [0.3, 0.4) is 0 Å². The summed E-state index contributed by atoms with van der Waals surface area (Å²) in [6, 6.07) is 12.1. The van der Waals surface area contributed by atoms with Crippen LogP contribution in [-0.4, -0.2) is 33.2 Å². The first-order valence-corrected chi connectivity index (χ1v) is 10.1. The number of carbonyl (C=O) groups excluding carboxylic acids is 1. The van der Waals surface area contributed by atoms with Crippen molar-refractivity contribution < 1.29 is 17.6 Å². The van der Waals surface area contributed by atoms with Gasteiger partial charge in [0.25, 0.3) is 0 Å². The molecule has 0 fully saturated rings. The summed E-state index contributed by atoms with van der Waals surface area (Å²) in [4.78, 5) is 12.4. The van der Waals surface area contributed by atoms with Crippen molar-refractivity contribution in [3.05, 3.63) is 65.5 Å². The molecule has 140 valence electrons. The minimum atomic E-state index is -3.63. The van der Waals surface area contributed by atoms with Crippen molar-refractivity contribution in [2.75, 3.05) is 17.1 Å². The number of benzene rings is 2. The predicted molar refractivity (Wildman–Crippen MR) is 101 cm³/mol. The van der Waals surface area contributed by atoms with Gasteiger partial charge in [0.1, 0.15) is 11.9 Å². The number of anilines is 1. The number of hydrogen-bond acceptors (Lipinski definition) is 3. The number of amides is 1. The lowest BCUT2D eigenvalue weighted by molar-refractivity contribution is -0.121. The maximum absolute atomic E-state index is 12.9. The fourth-order valence-corrected chi connectivity index (χ4v) is 3.80. The molecule has 0 heterocycles. The van der Waals surface area contributed by atoms with Gasteiger partial charge in [-0.1, -0.05) is 29.8 Å². The van der Waals surface area contributed by atoms with Crippen LogP contribution in [0.25, 0.3) is 0 Å². The molecular formula is C19H23FN2O3S. The van der Waals surface area contributed by atoms with Crippen molar-refractivity contribution in [3.8, 4) is 0 Å². The maximum atomic E-state index is 12.9. The summed E-state index contributed by atoms with van der Waals surface area (Å²) in [6.45, 7) is 3.79.